The molecule has 7 nitrogen and oxygen atoms in total. The Morgan fingerprint density at radius 1 is 1.36 bits per heavy atom. The standard InChI is InChI=1S/C18H23N5O2/c1-13-10-17(23-18(21-13)19-12-20-23)22-8-4-2-3-6-14(22)11-15(24)16-7-5-9-25-16/h5,7,9-10,12,14-15,24H,2-4,6,8,11H2,1H3. The van der Waals surface area contributed by atoms with E-state index in [2.05, 4.69) is 26.0 Å². The van der Waals surface area contributed by atoms with Gasteiger partial charge in [0.1, 0.15) is 24.0 Å². The fourth-order valence-electron chi connectivity index (χ4n) is 3.69. The first-order chi connectivity index (χ1) is 12.2. The Kier molecular flexibility index (Phi) is 4.40. The van der Waals surface area contributed by atoms with Crippen molar-refractivity contribution in [3.05, 3.63) is 42.2 Å². The van der Waals surface area contributed by atoms with Crippen molar-refractivity contribution >= 4 is 11.6 Å². The molecular formula is C18H23N5O2. The van der Waals surface area contributed by atoms with E-state index in [-0.39, 0.29) is 6.04 Å². The Hall–Kier alpha value is -2.41. The second-order valence-electron chi connectivity index (χ2n) is 6.69. The first-order valence-corrected chi connectivity index (χ1v) is 8.88. The van der Waals surface area contributed by atoms with E-state index in [0.29, 0.717) is 18.0 Å². The van der Waals surface area contributed by atoms with Gasteiger partial charge in [-0.3, -0.25) is 0 Å². The lowest BCUT2D eigenvalue weighted by Gasteiger charge is -2.33. The van der Waals surface area contributed by atoms with E-state index >= 15 is 0 Å². The van der Waals surface area contributed by atoms with Gasteiger partial charge < -0.3 is 14.4 Å². The highest BCUT2D eigenvalue weighted by Crippen LogP contribution is 2.30. The van der Waals surface area contributed by atoms with E-state index in [1.807, 2.05) is 19.1 Å². The number of rotatable bonds is 4. The third kappa shape index (κ3) is 3.24. The molecule has 1 saturated heterocycles. The van der Waals surface area contributed by atoms with Crippen LogP contribution in [0.1, 0.15) is 49.7 Å². The Morgan fingerprint density at radius 3 is 3.12 bits per heavy atom. The fourth-order valence-corrected chi connectivity index (χ4v) is 3.69. The predicted molar refractivity (Wildman–Crippen MR) is 93.4 cm³/mol. The summed E-state index contributed by atoms with van der Waals surface area (Å²) in [7, 11) is 0. The van der Waals surface area contributed by atoms with E-state index in [1.54, 1.807) is 10.8 Å². The van der Waals surface area contributed by atoms with Crippen molar-refractivity contribution in [2.45, 2.75) is 51.2 Å². The topological polar surface area (TPSA) is 79.7 Å². The summed E-state index contributed by atoms with van der Waals surface area (Å²) in [6, 6.07) is 5.92. The van der Waals surface area contributed by atoms with E-state index in [9.17, 15) is 5.11 Å². The molecule has 2 atom stereocenters. The van der Waals surface area contributed by atoms with Crippen molar-refractivity contribution < 1.29 is 9.52 Å². The number of hydrogen-bond acceptors (Lipinski definition) is 6. The van der Waals surface area contributed by atoms with Crippen LogP contribution in [0.2, 0.25) is 0 Å². The molecule has 2 unspecified atom stereocenters. The Balaban J connectivity index is 1.67. The molecule has 0 bridgehead atoms. The molecule has 1 aliphatic rings. The molecule has 3 aromatic rings. The number of nitrogens with zero attached hydrogens (tertiary/aromatic N) is 5. The molecule has 7 heteroatoms. The SMILES string of the molecule is Cc1cc(N2CCCCCC2CC(O)c2ccco2)n2ncnc2n1. The minimum atomic E-state index is -0.602. The molecule has 0 amide bonds. The maximum absolute atomic E-state index is 10.6. The number of furan rings is 1. The minimum absolute atomic E-state index is 0.219. The number of anilines is 1. The second kappa shape index (κ2) is 6.84. The van der Waals surface area contributed by atoms with Crippen LogP contribution in [0.5, 0.6) is 0 Å². The maximum Gasteiger partial charge on any atom is 0.254 e. The Morgan fingerprint density at radius 2 is 2.28 bits per heavy atom. The molecule has 3 aromatic heterocycles. The van der Waals surface area contributed by atoms with Crippen molar-refractivity contribution in [2.24, 2.45) is 0 Å². The molecule has 132 valence electrons. The largest absolute Gasteiger partial charge is 0.467 e. The summed E-state index contributed by atoms with van der Waals surface area (Å²) < 4.78 is 7.18. The maximum atomic E-state index is 10.6. The lowest BCUT2D eigenvalue weighted by Crippen LogP contribution is -2.37. The molecule has 0 radical (unpaired) electrons. The highest BCUT2D eigenvalue weighted by atomic mass is 16.4. The van der Waals surface area contributed by atoms with Gasteiger partial charge in [0, 0.05) is 30.8 Å². The smallest absolute Gasteiger partial charge is 0.254 e. The first kappa shape index (κ1) is 16.1. The van der Waals surface area contributed by atoms with Gasteiger partial charge in [-0.15, -0.1) is 0 Å². The zero-order chi connectivity index (χ0) is 17.2. The molecule has 1 N–H and O–H groups in total. The summed E-state index contributed by atoms with van der Waals surface area (Å²) in [5.41, 5.74) is 0.921. The van der Waals surface area contributed by atoms with Crippen LogP contribution in [0.4, 0.5) is 5.82 Å². The number of aryl methyl sites for hydroxylation is 1. The van der Waals surface area contributed by atoms with Crippen molar-refractivity contribution in [3.8, 4) is 0 Å². The molecule has 0 spiro atoms. The summed E-state index contributed by atoms with van der Waals surface area (Å²) in [6.45, 7) is 2.91. The minimum Gasteiger partial charge on any atom is -0.467 e. The van der Waals surface area contributed by atoms with Gasteiger partial charge >= 0.3 is 0 Å². The van der Waals surface area contributed by atoms with Gasteiger partial charge in [0.05, 0.1) is 6.26 Å². The van der Waals surface area contributed by atoms with Crippen LogP contribution in [0.15, 0.2) is 35.2 Å². The van der Waals surface area contributed by atoms with Gasteiger partial charge in [-0.1, -0.05) is 12.8 Å². The molecule has 1 fully saturated rings. The summed E-state index contributed by atoms with van der Waals surface area (Å²) in [4.78, 5) is 11.0. The average Bonchev–Trinajstić information content (AvgIpc) is 3.23. The second-order valence-corrected chi connectivity index (χ2v) is 6.69. The van der Waals surface area contributed by atoms with Gasteiger partial charge in [0.25, 0.3) is 5.78 Å². The highest BCUT2D eigenvalue weighted by molar-refractivity contribution is 5.48. The van der Waals surface area contributed by atoms with Gasteiger partial charge in [0.15, 0.2) is 0 Å². The zero-order valence-corrected chi connectivity index (χ0v) is 14.4. The summed E-state index contributed by atoms with van der Waals surface area (Å²) >= 11 is 0. The van der Waals surface area contributed by atoms with Crippen LogP contribution in [-0.4, -0.2) is 37.3 Å². The van der Waals surface area contributed by atoms with E-state index < -0.39 is 6.10 Å². The van der Waals surface area contributed by atoms with E-state index in [0.717, 1.165) is 37.3 Å². The summed E-state index contributed by atoms with van der Waals surface area (Å²) in [5, 5.41) is 14.9. The molecule has 25 heavy (non-hydrogen) atoms. The summed E-state index contributed by atoms with van der Waals surface area (Å²) in [6.07, 6.45) is 7.70. The Labute approximate surface area is 146 Å². The number of aliphatic hydroxyl groups excluding tert-OH is 1. The normalized spacial score (nSPS) is 19.9. The molecule has 0 aliphatic carbocycles. The highest BCUT2D eigenvalue weighted by Gasteiger charge is 2.27. The number of aliphatic hydroxyl groups is 1. The van der Waals surface area contributed by atoms with Gasteiger partial charge in [-0.25, -0.2) is 4.98 Å². The third-order valence-corrected chi connectivity index (χ3v) is 4.90. The molecule has 4 heterocycles. The lowest BCUT2D eigenvalue weighted by atomic mass is 10.0. The average molecular weight is 341 g/mol. The van der Waals surface area contributed by atoms with Crippen LogP contribution < -0.4 is 4.90 Å². The molecule has 1 aliphatic heterocycles. The number of aromatic nitrogens is 4. The fraction of sp³-hybridized carbons (Fsp3) is 0.500. The van der Waals surface area contributed by atoms with Crippen molar-refractivity contribution in [1.29, 1.82) is 0 Å². The van der Waals surface area contributed by atoms with E-state index in [4.69, 9.17) is 4.42 Å². The molecule has 4 rings (SSSR count). The van der Waals surface area contributed by atoms with Crippen LogP contribution in [0.25, 0.3) is 5.78 Å². The predicted octanol–water partition coefficient (Wildman–Crippen LogP) is 2.90. The quantitative estimate of drug-likeness (QED) is 0.786. The van der Waals surface area contributed by atoms with E-state index in [1.165, 1.54) is 12.7 Å². The van der Waals surface area contributed by atoms with Crippen LogP contribution in [-0.2, 0) is 0 Å². The van der Waals surface area contributed by atoms with Crippen LogP contribution in [0.3, 0.4) is 0 Å². The number of hydrogen-bond donors (Lipinski definition) is 1. The van der Waals surface area contributed by atoms with Crippen molar-refractivity contribution in [1.82, 2.24) is 19.6 Å². The van der Waals surface area contributed by atoms with Crippen LogP contribution in [0, 0.1) is 6.92 Å². The zero-order valence-electron chi connectivity index (χ0n) is 14.4. The lowest BCUT2D eigenvalue weighted by molar-refractivity contribution is 0.129. The molecular weight excluding hydrogens is 318 g/mol. The first-order valence-electron chi connectivity index (χ1n) is 8.88. The summed E-state index contributed by atoms with van der Waals surface area (Å²) in [5.74, 6) is 2.24. The van der Waals surface area contributed by atoms with Crippen LogP contribution >= 0.6 is 0 Å². The Bertz CT molecular complexity index is 829. The third-order valence-electron chi connectivity index (χ3n) is 4.90. The van der Waals surface area contributed by atoms with Gasteiger partial charge in [-0.05, 0) is 31.9 Å². The monoisotopic (exact) mass is 341 g/mol. The molecule has 0 saturated carbocycles. The van der Waals surface area contributed by atoms with Gasteiger partial charge in [0.2, 0.25) is 0 Å². The van der Waals surface area contributed by atoms with Crippen molar-refractivity contribution in [3.63, 3.8) is 0 Å². The van der Waals surface area contributed by atoms with Gasteiger partial charge in [-0.2, -0.15) is 14.6 Å². The molecule has 0 aromatic carbocycles. The van der Waals surface area contributed by atoms with Crippen molar-refractivity contribution in [2.75, 3.05) is 11.4 Å². The number of fused-ring (bicyclic) bond motifs is 1.